The molecule has 0 aliphatic rings. The number of nitrogens with one attached hydrogen (secondary N) is 1. The predicted octanol–water partition coefficient (Wildman–Crippen LogP) is 4.55. The zero-order chi connectivity index (χ0) is 20.2. The molecule has 1 N–H and O–H groups in total. The number of hydrogen-bond donors (Lipinski definition) is 1. The average molecular weight is 471 g/mol. The zero-order valence-corrected chi connectivity index (χ0v) is 17.7. The molecule has 0 aliphatic heterocycles. The number of H-pyrrole nitrogens is 1. The minimum atomic E-state index is -0.235. The summed E-state index contributed by atoms with van der Waals surface area (Å²) in [7, 11) is 1.60. The van der Waals surface area contributed by atoms with Crippen LogP contribution in [-0.2, 0) is 5.75 Å². The molecule has 0 spiro atoms. The number of halogens is 1. The van der Waals surface area contributed by atoms with Crippen LogP contribution in [0.5, 0.6) is 5.75 Å². The van der Waals surface area contributed by atoms with Gasteiger partial charge in [0, 0.05) is 21.7 Å². The summed E-state index contributed by atoms with van der Waals surface area (Å²) < 4.78 is 11.5. The SMILES string of the molecule is COc1cccc(-c2cc(=O)[nH]c(SCc3nc(-c4cccc(Br)c4)no3)n2)c1. The highest BCUT2D eigenvalue weighted by atomic mass is 79.9. The van der Waals surface area contributed by atoms with Crippen LogP contribution >= 0.6 is 27.7 Å². The summed E-state index contributed by atoms with van der Waals surface area (Å²) in [4.78, 5) is 23.7. The van der Waals surface area contributed by atoms with Crippen molar-refractivity contribution >= 4 is 27.7 Å². The molecule has 0 fully saturated rings. The maximum Gasteiger partial charge on any atom is 0.252 e. The molecule has 2 aromatic heterocycles. The van der Waals surface area contributed by atoms with Gasteiger partial charge in [-0.25, -0.2) is 4.98 Å². The number of ether oxygens (including phenoxy) is 1. The van der Waals surface area contributed by atoms with E-state index in [4.69, 9.17) is 9.26 Å². The zero-order valence-electron chi connectivity index (χ0n) is 15.3. The van der Waals surface area contributed by atoms with E-state index >= 15 is 0 Å². The number of rotatable bonds is 6. The van der Waals surface area contributed by atoms with Crippen LogP contribution in [0.3, 0.4) is 0 Å². The van der Waals surface area contributed by atoms with E-state index in [1.165, 1.54) is 17.8 Å². The molecular formula is C20H15BrN4O3S. The Labute approximate surface area is 178 Å². The molecule has 4 aromatic rings. The quantitative estimate of drug-likeness (QED) is 0.326. The molecule has 0 atom stereocenters. The average Bonchev–Trinajstić information content (AvgIpc) is 3.21. The van der Waals surface area contributed by atoms with E-state index in [0.29, 0.717) is 34.1 Å². The van der Waals surface area contributed by atoms with Crippen molar-refractivity contribution in [3.63, 3.8) is 0 Å². The van der Waals surface area contributed by atoms with E-state index in [9.17, 15) is 4.79 Å². The summed E-state index contributed by atoms with van der Waals surface area (Å²) in [5.74, 6) is 2.03. The number of thioether (sulfide) groups is 1. The Morgan fingerprint density at radius 1 is 1.10 bits per heavy atom. The lowest BCUT2D eigenvalue weighted by Crippen LogP contribution is -2.08. The lowest BCUT2D eigenvalue weighted by atomic mass is 10.1. The third-order valence-electron chi connectivity index (χ3n) is 3.97. The van der Waals surface area contributed by atoms with Gasteiger partial charge in [-0.1, -0.05) is 57.1 Å². The highest BCUT2D eigenvalue weighted by Gasteiger charge is 2.11. The van der Waals surface area contributed by atoms with Crippen molar-refractivity contribution in [2.24, 2.45) is 0 Å². The summed E-state index contributed by atoms with van der Waals surface area (Å²) in [6.07, 6.45) is 0. The standard InChI is InChI=1S/C20H15BrN4O3S/c1-27-15-7-3-4-12(9-15)16-10-17(26)23-20(22-16)29-11-18-24-19(25-28-18)13-5-2-6-14(21)8-13/h2-10H,11H2,1H3,(H,22,23,26). The second-order valence-electron chi connectivity index (χ2n) is 5.98. The number of benzene rings is 2. The number of aromatic amines is 1. The summed E-state index contributed by atoms with van der Waals surface area (Å²) in [5.41, 5.74) is 1.98. The lowest BCUT2D eigenvalue weighted by Gasteiger charge is -2.05. The van der Waals surface area contributed by atoms with Crippen LogP contribution in [0.4, 0.5) is 0 Å². The van der Waals surface area contributed by atoms with Crippen LogP contribution in [0, 0.1) is 0 Å². The second kappa shape index (κ2) is 8.62. The molecule has 0 saturated heterocycles. The van der Waals surface area contributed by atoms with Crippen molar-refractivity contribution in [2.75, 3.05) is 7.11 Å². The van der Waals surface area contributed by atoms with E-state index < -0.39 is 0 Å². The van der Waals surface area contributed by atoms with Gasteiger partial charge >= 0.3 is 0 Å². The van der Waals surface area contributed by atoms with Crippen molar-refractivity contribution in [3.05, 3.63) is 75.3 Å². The van der Waals surface area contributed by atoms with Crippen LogP contribution in [0.1, 0.15) is 5.89 Å². The van der Waals surface area contributed by atoms with Gasteiger partial charge in [0.2, 0.25) is 11.7 Å². The normalized spacial score (nSPS) is 10.8. The fourth-order valence-electron chi connectivity index (χ4n) is 2.62. The number of hydrogen-bond acceptors (Lipinski definition) is 7. The van der Waals surface area contributed by atoms with Gasteiger partial charge in [-0.05, 0) is 24.3 Å². The molecule has 29 heavy (non-hydrogen) atoms. The van der Waals surface area contributed by atoms with Gasteiger partial charge in [-0.3, -0.25) is 4.79 Å². The van der Waals surface area contributed by atoms with Crippen LogP contribution in [-0.4, -0.2) is 27.2 Å². The summed E-state index contributed by atoms with van der Waals surface area (Å²) in [5, 5.41) is 4.49. The molecule has 2 heterocycles. The first kappa shape index (κ1) is 19.4. The van der Waals surface area contributed by atoms with Gasteiger partial charge in [0.15, 0.2) is 5.16 Å². The fraction of sp³-hybridized carbons (Fsp3) is 0.100. The third kappa shape index (κ3) is 4.75. The molecule has 9 heteroatoms. The first-order valence-electron chi connectivity index (χ1n) is 8.58. The Hall–Kier alpha value is -2.91. The molecule has 2 aromatic carbocycles. The molecule has 146 valence electrons. The van der Waals surface area contributed by atoms with Gasteiger partial charge in [0.05, 0.1) is 18.6 Å². The Bertz CT molecular complexity index is 1210. The molecule has 0 saturated carbocycles. The molecule has 0 radical (unpaired) electrons. The smallest absolute Gasteiger partial charge is 0.252 e. The molecule has 0 amide bonds. The maximum atomic E-state index is 12.1. The Balaban J connectivity index is 1.52. The van der Waals surface area contributed by atoms with Crippen molar-refractivity contribution in [2.45, 2.75) is 10.9 Å². The molecule has 0 unspecified atom stereocenters. The summed E-state index contributed by atoms with van der Waals surface area (Å²) in [6.45, 7) is 0. The van der Waals surface area contributed by atoms with Crippen LogP contribution in [0.25, 0.3) is 22.6 Å². The Morgan fingerprint density at radius 2 is 1.93 bits per heavy atom. The predicted molar refractivity (Wildman–Crippen MR) is 114 cm³/mol. The number of aromatic nitrogens is 4. The van der Waals surface area contributed by atoms with Gasteiger partial charge in [0.1, 0.15) is 5.75 Å². The van der Waals surface area contributed by atoms with E-state index in [1.807, 2.05) is 48.5 Å². The van der Waals surface area contributed by atoms with E-state index in [-0.39, 0.29) is 5.56 Å². The van der Waals surface area contributed by atoms with Gasteiger partial charge in [-0.15, -0.1) is 0 Å². The molecular weight excluding hydrogens is 456 g/mol. The topological polar surface area (TPSA) is 93.9 Å². The number of methoxy groups -OCH3 is 1. The Kier molecular flexibility index (Phi) is 5.77. The van der Waals surface area contributed by atoms with Gasteiger partial charge < -0.3 is 14.2 Å². The largest absolute Gasteiger partial charge is 0.497 e. The highest BCUT2D eigenvalue weighted by Crippen LogP contribution is 2.25. The third-order valence-corrected chi connectivity index (χ3v) is 5.32. The molecule has 0 bridgehead atoms. The Morgan fingerprint density at radius 3 is 2.76 bits per heavy atom. The van der Waals surface area contributed by atoms with Gasteiger partial charge in [-0.2, -0.15) is 4.98 Å². The lowest BCUT2D eigenvalue weighted by molar-refractivity contribution is 0.391. The van der Waals surface area contributed by atoms with E-state index in [0.717, 1.165) is 15.6 Å². The van der Waals surface area contributed by atoms with Crippen molar-refractivity contribution in [1.82, 2.24) is 20.1 Å². The monoisotopic (exact) mass is 470 g/mol. The highest BCUT2D eigenvalue weighted by molar-refractivity contribution is 9.10. The van der Waals surface area contributed by atoms with Crippen LogP contribution < -0.4 is 10.3 Å². The first-order valence-corrected chi connectivity index (χ1v) is 10.4. The van der Waals surface area contributed by atoms with Crippen LogP contribution in [0.2, 0.25) is 0 Å². The van der Waals surface area contributed by atoms with Crippen molar-refractivity contribution in [1.29, 1.82) is 0 Å². The minimum absolute atomic E-state index is 0.235. The number of nitrogens with zero attached hydrogens (tertiary/aromatic N) is 3. The molecule has 7 nitrogen and oxygen atoms in total. The molecule has 4 rings (SSSR count). The fourth-order valence-corrected chi connectivity index (χ4v) is 3.73. The van der Waals surface area contributed by atoms with E-state index in [1.54, 1.807) is 7.11 Å². The minimum Gasteiger partial charge on any atom is -0.497 e. The van der Waals surface area contributed by atoms with Gasteiger partial charge in [0.25, 0.3) is 5.56 Å². The van der Waals surface area contributed by atoms with Crippen molar-refractivity contribution < 1.29 is 9.26 Å². The van der Waals surface area contributed by atoms with Crippen LogP contribution in [0.15, 0.2) is 73.5 Å². The summed E-state index contributed by atoms with van der Waals surface area (Å²) in [6, 6.07) is 16.5. The van der Waals surface area contributed by atoms with Crippen molar-refractivity contribution in [3.8, 4) is 28.4 Å². The first-order chi connectivity index (χ1) is 14.1. The maximum absolute atomic E-state index is 12.1. The second-order valence-corrected chi connectivity index (χ2v) is 7.86. The molecule has 0 aliphatic carbocycles. The summed E-state index contributed by atoms with van der Waals surface area (Å²) >= 11 is 4.74. The van der Waals surface area contributed by atoms with E-state index in [2.05, 4.69) is 36.0 Å².